The van der Waals surface area contributed by atoms with Crippen LogP contribution >= 0.6 is 0 Å². The minimum absolute atomic E-state index is 0.115. The molecular weight excluding hydrogens is 136 g/mol. The Bertz CT molecular complexity index is 111. The van der Waals surface area contributed by atoms with Gasteiger partial charge in [-0.15, -0.1) is 0 Å². The maximum absolute atomic E-state index is 8.34. The van der Waals surface area contributed by atoms with E-state index in [2.05, 4.69) is 19.9 Å². The van der Waals surface area contributed by atoms with Crippen LogP contribution in [0.5, 0.6) is 0 Å². The maximum Gasteiger partial charge on any atom is 0.0627 e. The predicted molar refractivity (Wildman–Crippen MR) is 49.0 cm³/mol. The number of hydrogen-bond donors (Lipinski definition) is 1. The third kappa shape index (κ3) is 9.45. The number of nitrogens with zero attached hydrogens (tertiary/aromatic N) is 1. The molecule has 66 valence electrons. The van der Waals surface area contributed by atoms with E-state index in [1.807, 2.05) is 13.8 Å². The maximum atomic E-state index is 8.34. The van der Waals surface area contributed by atoms with Gasteiger partial charge in [0, 0.05) is 6.42 Å². The van der Waals surface area contributed by atoms with Crippen molar-refractivity contribution < 1.29 is 0 Å². The van der Waals surface area contributed by atoms with Crippen LogP contribution in [0.25, 0.3) is 0 Å². The molecule has 0 aromatic heterocycles. The van der Waals surface area contributed by atoms with Crippen molar-refractivity contribution in [1.29, 1.82) is 5.26 Å². The van der Waals surface area contributed by atoms with Gasteiger partial charge in [-0.3, -0.25) is 0 Å². The van der Waals surface area contributed by atoms with E-state index in [0.29, 0.717) is 13.0 Å². The molecule has 0 aromatic carbocycles. The molecular formula is C9H20N2. The summed E-state index contributed by atoms with van der Waals surface area (Å²) in [4.78, 5) is 0. The van der Waals surface area contributed by atoms with Gasteiger partial charge < -0.3 is 5.73 Å². The summed E-state index contributed by atoms with van der Waals surface area (Å²) in [6.07, 6.45) is 1.53. The molecule has 0 aliphatic heterocycles. The average molecular weight is 156 g/mol. The van der Waals surface area contributed by atoms with Gasteiger partial charge in [-0.25, -0.2) is 0 Å². The molecule has 0 saturated carbocycles. The van der Waals surface area contributed by atoms with Crippen LogP contribution in [0.3, 0.4) is 0 Å². The molecule has 0 amide bonds. The lowest BCUT2D eigenvalue weighted by molar-refractivity contribution is 0.350. The van der Waals surface area contributed by atoms with E-state index in [4.69, 9.17) is 11.0 Å². The smallest absolute Gasteiger partial charge is 0.0627 e. The van der Waals surface area contributed by atoms with Gasteiger partial charge in [0.2, 0.25) is 0 Å². The van der Waals surface area contributed by atoms with Crippen molar-refractivity contribution in [3.63, 3.8) is 0 Å². The quantitative estimate of drug-likeness (QED) is 0.681. The Morgan fingerprint density at radius 2 is 1.82 bits per heavy atom. The zero-order valence-corrected chi connectivity index (χ0v) is 8.15. The molecule has 0 unspecified atom stereocenters. The Hall–Kier alpha value is -0.550. The lowest BCUT2D eigenvalue weighted by Gasteiger charge is -2.18. The highest BCUT2D eigenvalue weighted by atomic mass is 14.5. The second-order valence-corrected chi connectivity index (χ2v) is 3.04. The molecule has 0 radical (unpaired) electrons. The standard InChI is InChI=1S/C7H14N2.C2H6/c1-7(2,3-5-8)4-6-9;1-2/h3-5,8H2,1-2H3;1-2H3. The van der Waals surface area contributed by atoms with Gasteiger partial charge in [0.05, 0.1) is 6.07 Å². The second-order valence-electron chi connectivity index (χ2n) is 3.04. The van der Waals surface area contributed by atoms with E-state index in [0.717, 1.165) is 6.42 Å². The molecule has 0 heterocycles. The van der Waals surface area contributed by atoms with Gasteiger partial charge in [-0.1, -0.05) is 27.7 Å². The van der Waals surface area contributed by atoms with E-state index in [9.17, 15) is 0 Å². The molecule has 0 spiro atoms. The highest BCUT2D eigenvalue weighted by Crippen LogP contribution is 2.22. The first-order chi connectivity index (χ1) is 5.12. The largest absolute Gasteiger partial charge is 0.330 e. The summed E-state index contributed by atoms with van der Waals surface area (Å²) in [5.41, 5.74) is 5.45. The fourth-order valence-electron chi connectivity index (χ4n) is 0.693. The fourth-order valence-corrected chi connectivity index (χ4v) is 0.693. The van der Waals surface area contributed by atoms with Crippen LogP contribution in [-0.4, -0.2) is 6.54 Å². The molecule has 0 saturated heterocycles. The molecule has 0 aliphatic carbocycles. The fraction of sp³-hybridized carbons (Fsp3) is 0.889. The van der Waals surface area contributed by atoms with Gasteiger partial charge in [0.1, 0.15) is 0 Å². The van der Waals surface area contributed by atoms with Crippen LogP contribution in [0.4, 0.5) is 0 Å². The third-order valence-corrected chi connectivity index (χ3v) is 1.38. The number of nitrogens with two attached hydrogens (primary N) is 1. The molecule has 0 aromatic rings. The first-order valence-electron chi connectivity index (χ1n) is 4.19. The van der Waals surface area contributed by atoms with Gasteiger partial charge >= 0.3 is 0 Å². The van der Waals surface area contributed by atoms with Crippen molar-refractivity contribution in [1.82, 2.24) is 0 Å². The van der Waals surface area contributed by atoms with Gasteiger partial charge in [-0.2, -0.15) is 5.26 Å². The molecule has 2 heteroatoms. The van der Waals surface area contributed by atoms with Gasteiger partial charge in [0.15, 0.2) is 0 Å². The summed E-state index contributed by atoms with van der Waals surface area (Å²) in [5, 5.41) is 8.34. The summed E-state index contributed by atoms with van der Waals surface area (Å²) in [7, 11) is 0. The minimum Gasteiger partial charge on any atom is -0.330 e. The van der Waals surface area contributed by atoms with E-state index < -0.39 is 0 Å². The topological polar surface area (TPSA) is 49.8 Å². The molecule has 0 fully saturated rings. The summed E-state index contributed by atoms with van der Waals surface area (Å²) >= 11 is 0. The number of hydrogen-bond acceptors (Lipinski definition) is 2. The Morgan fingerprint density at radius 1 is 1.36 bits per heavy atom. The Kier molecular flexibility index (Phi) is 8.98. The Balaban J connectivity index is 0. The molecule has 0 atom stereocenters. The van der Waals surface area contributed by atoms with Crippen molar-refractivity contribution in [2.75, 3.05) is 6.54 Å². The summed E-state index contributed by atoms with van der Waals surface area (Å²) in [5.74, 6) is 0. The molecule has 11 heavy (non-hydrogen) atoms. The lowest BCUT2D eigenvalue weighted by atomic mass is 9.86. The minimum atomic E-state index is 0.115. The van der Waals surface area contributed by atoms with E-state index in [1.165, 1.54) is 0 Å². The van der Waals surface area contributed by atoms with Crippen LogP contribution in [0.1, 0.15) is 40.5 Å². The SMILES string of the molecule is CC.CC(C)(CC#N)CCN. The van der Waals surface area contributed by atoms with Crippen LogP contribution in [0.2, 0.25) is 0 Å². The predicted octanol–water partition coefficient (Wildman–Crippen LogP) is 2.30. The molecule has 2 N–H and O–H groups in total. The highest BCUT2D eigenvalue weighted by molar-refractivity contribution is 4.81. The molecule has 0 bridgehead atoms. The van der Waals surface area contributed by atoms with Crippen LogP contribution in [0.15, 0.2) is 0 Å². The van der Waals surface area contributed by atoms with Crippen molar-refractivity contribution in [3.05, 3.63) is 0 Å². The van der Waals surface area contributed by atoms with E-state index >= 15 is 0 Å². The Morgan fingerprint density at radius 3 is 2.09 bits per heavy atom. The summed E-state index contributed by atoms with van der Waals surface area (Å²) in [6.45, 7) is 8.79. The number of rotatable bonds is 3. The molecule has 0 aliphatic rings. The molecule has 2 nitrogen and oxygen atoms in total. The highest BCUT2D eigenvalue weighted by Gasteiger charge is 2.15. The monoisotopic (exact) mass is 156 g/mol. The second kappa shape index (κ2) is 7.56. The average Bonchev–Trinajstić information content (AvgIpc) is 1.91. The zero-order chi connectivity index (χ0) is 9.33. The van der Waals surface area contributed by atoms with Gasteiger partial charge in [-0.05, 0) is 18.4 Å². The third-order valence-electron chi connectivity index (χ3n) is 1.38. The van der Waals surface area contributed by atoms with Crippen LogP contribution in [0, 0.1) is 16.7 Å². The van der Waals surface area contributed by atoms with Gasteiger partial charge in [0.25, 0.3) is 0 Å². The normalized spacial score (nSPS) is 9.45. The lowest BCUT2D eigenvalue weighted by Crippen LogP contribution is -2.15. The number of nitriles is 1. The van der Waals surface area contributed by atoms with Crippen molar-refractivity contribution >= 4 is 0 Å². The van der Waals surface area contributed by atoms with Crippen molar-refractivity contribution in [3.8, 4) is 6.07 Å². The first kappa shape index (κ1) is 13.1. The molecule has 0 rings (SSSR count). The van der Waals surface area contributed by atoms with E-state index in [1.54, 1.807) is 0 Å². The first-order valence-corrected chi connectivity index (χ1v) is 4.19. The van der Waals surface area contributed by atoms with Crippen LogP contribution < -0.4 is 5.73 Å². The summed E-state index contributed by atoms with van der Waals surface area (Å²) in [6, 6.07) is 2.14. The zero-order valence-electron chi connectivity index (χ0n) is 8.15. The van der Waals surface area contributed by atoms with E-state index in [-0.39, 0.29) is 5.41 Å². The van der Waals surface area contributed by atoms with Crippen molar-refractivity contribution in [2.45, 2.75) is 40.5 Å². The van der Waals surface area contributed by atoms with Crippen molar-refractivity contribution in [2.24, 2.45) is 11.1 Å². The Labute approximate surface area is 70.4 Å². The van der Waals surface area contributed by atoms with Crippen LogP contribution in [-0.2, 0) is 0 Å². The summed E-state index contributed by atoms with van der Waals surface area (Å²) < 4.78 is 0.